The molecule has 0 saturated heterocycles. The van der Waals surface area contributed by atoms with Crippen molar-refractivity contribution in [3.8, 4) is 0 Å². The molecule has 0 saturated carbocycles. The van der Waals surface area contributed by atoms with E-state index >= 15 is 0 Å². The summed E-state index contributed by atoms with van der Waals surface area (Å²) in [5.41, 5.74) is 2.85. The highest BCUT2D eigenvalue weighted by atomic mass is 16.4. The second kappa shape index (κ2) is 5.29. The Labute approximate surface area is 88.7 Å². The number of aldehydes is 1. The molecular weight excluding hydrogens is 192 g/mol. The molecule has 1 aromatic rings. The van der Waals surface area contributed by atoms with E-state index in [1.54, 1.807) is 6.07 Å². The van der Waals surface area contributed by atoms with Crippen LogP contribution in [0.15, 0.2) is 18.2 Å². The van der Waals surface area contributed by atoms with Crippen LogP contribution in [0.2, 0.25) is 0 Å². The van der Waals surface area contributed by atoms with Crippen molar-refractivity contribution in [3.63, 3.8) is 0 Å². The first-order chi connectivity index (χ1) is 7.15. The van der Waals surface area contributed by atoms with Crippen molar-refractivity contribution < 1.29 is 14.7 Å². The zero-order valence-electron chi connectivity index (χ0n) is 8.69. The van der Waals surface area contributed by atoms with Crippen molar-refractivity contribution in [2.75, 3.05) is 0 Å². The molecule has 0 amide bonds. The molecule has 0 aliphatic carbocycles. The summed E-state index contributed by atoms with van der Waals surface area (Å²) in [6.07, 6.45) is 1.95. The van der Waals surface area contributed by atoms with E-state index < -0.39 is 5.97 Å². The molecule has 3 heteroatoms. The lowest BCUT2D eigenvalue weighted by molar-refractivity contribution is -0.136. The molecule has 80 valence electrons. The van der Waals surface area contributed by atoms with Gasteiger partial charge in [0.2, 0.25) is 0 Å². The van der Waals surface area contributed by atoms with E-state index in [2.05, 4.69) is 0 Å². The molecule has 0 aliphatic rings. The second-order valence-electron chi connectivity index (χ2n) is 3.49. The molecule has 0 aliphatic heterocycles. The zero-order valence-corrected chi connectivity index (χ0v) is 8.69. The molecule has 3 nitrogen and oxygen atoms in total. The maximum absolute atomic E-state index is 10.6. The van der Waals surface area contributed by atoms with Crippen molar-refractivity contribution in [3.05, 3.63) is 34.9 Å². The molecule has 1 aromatic carbocycles. The van der Waals surface area contributed by atoms with Gasteiger partial charge in [-0.1, -0.05) is 18.2 Å². The highest BCUT2D eigenvalue weighted by Crippen LogP contribution is 2.16. The lowest BCUT2D eigenvalue weighted by Crippen LogP contribution is -2.05. The fraction of sp³-hybridized carbons (Fsp3) is 0.333. The number of carbonyl (C=O) groups excluding carboxylic acids is 1. The smallest absolute Gasteiger partial charge is 0.307 e. The maximum atomic E-state index is 10.6. The number of aliphatic carboxylic acids is 1. The minimum atomic E-state index is -0.840. The average molecular weight is 206 g/mol. The summed E-state index contributed by atoms with van der Waals surface area (Å²) in [6.45, 7) is 1.94. The van der Waals surface area contributed by atoms with Crippen molar-refractivity contribution >= 4 is 12.3 Å². The summed E-state index contributed by atoms with van der Waals surface area (Å²) in [6, 6.07) is 5.59. The summed E-state index contributed by atoms with van der Waals surface area (Å²) in [5.74, 6) is -0.840. The van der Waals surface area contributed by atoms with Gasteiger partial charge in [0.25, 0.3) is 0 Å². The summed E-state index contributed by atoms with van der Waals surface area (Å²) in [4.78, 5) is 20.9. The van der Waals surface area contributed by atoms with Gasteiger partial charge >= 0.3 is 5.97 Å². The molecule has 0 aromatic heterocycles. The lowest BCUT2D eigenvalue weighted by Gasteiger charge is -2.09. The molecule has 0 spiro atoms. The Balaban J connectivity index is 2.96. The Morgan fingerprint density at radius 2 is 2.20 bits per heavy atom. The normalized spacial score (nSPS) is 9.93. The van der Waals surface area contributed by atoms with Gasteiger partial charge in [0.05, 0.1) is 6.42 Å². The first-order valence-electron chi connectivity index (χ1n) is 4.88. The molecule has 1 N–H and O–H groups in total. The molecule has 0 radical (unpaired) electrons. The quantitative estimate of drug-likeness (QED) is 0.747. The SMILES string of the molecule is Cc1cccc(CC(=O)O)c1CCC=O. The summed E-state index contributed by atoms with van der Waals surface area (Å²) in [7, 11) is 0. The predicted molar refractivity (Wildman–Crippen MR) is 56.9 cm³/mol. The third kappa shape index (κ3) is 3.20. The first-order valence-corrected chi connectivity index (χ1v) is 4.88. The molecule has 0 fully saturated rings. The highest BCUT2D eigenvalue weighted by Gasteiger charge is 2.08. The standard InChI is InChI=1S/C12H14O3/c1-9-4-2-5-10(8-12(14)15)11(9)6-3-7-13/h2,4-5,7H,3,6,8H2,1H3,(H,14,15). The molecule has 0 bridgehead atoms. The van der Waals surface area contributed by atoms with E-state index in [4.69, 9.17) is 5.11 Å². The van der Waals surface area contributed by atoms with Gasteiger partial charge in [0.1, 0.15) is 6.29 Å². The molecule has 0 heterocycles. The minimum Gasteiger partial charge on any atom is -0.481 e. The van der Waals surface area contributed by atoms with E-state index in [1.807, 2.05) is 19.1 Å². The van der Waals surface area contributed by atoms with Gasteiger partial charge in [-0.05, 0) is 30.0 Å². The van der Waals surface area contributed by atoms with Crippen LogP contribution in [0, 0.1) is 6.92 Å². The van der Waals surface area contributed by atoms with E-state index in [0.29, 0.717) is 12.8 Å². The number of hydrogen-bond donors (Lipinski definition) is 1. The minimum absolute atomic E-state index is 0.0237. The van der Waals surface area contributed by atoms with Crippen molar-refractivity contribution in [2.24, 2.45) is 0 Å². The van der Waals surface area contributed by atoms with Crippen LogP contribution in [0.25, 0.3) is 0 Å². The van der Waals surface area contributed by atoms with Crippen LogP contribution in [0.1, 0.15) is 23.1 Å². The third-order valence-electron chi connectivity index (χ3n) is 2.36. The lowest BCUT2D eigenvalue weighted by atomic mass is 9.96. The number of carboxylic acid groups (broad SMARTS) is 1. The third-order valence-corrected chi connectivity index (χ3v) is 2.36. The van der Waals surface area contributed by atoms with Crippen LogP contribution in [-0.4, -0.2) is 17.4 Å². The number of rotatable bonds is 5. The van der Waals surface area contributed by atoms with Gasteiger partial charge in [-0.25, -0.2) is 0 Å². The average Bonchev–Trinajstić information content (AvgIpc) is 2.16. The molecule has 15 heavy (non-hydrogen) atoms. The van der Waals surface area contributed by atoms with Crippen molar-refractivity contribution in [1.82, 2.24) is 0 Å². The summed E-state index contributed by atoms with van der Waals surface area (Å²) < 4.78 is 0. The van der Waals surface area contributed by atoms with E-state index in [-0.39, 0.29) is 6.42 Å². The van der Waals surface area contributed by atoms with Crippen molar-refractivity contribution in [1.29, 1.82) is 0 Å². The van der Waals surface area contributed by atoms with Crippen LogP contribution in [-0.2, 0) is 22.4 Å². The highest BCUT2D eigenvalue weighted by molar-refractivity contribution is 5.71. The van der Waals surface area contributed by atoms with Gasteiger partial charge in [0, 0.05) is 6.42 Å². The summed E-state index contributed by atoms with van der Waals surface area (Å²) >= 11 is 0. The van der Waals surface area contributed by atoms with Crippen LogP contribution < -0.4 is 0 Å². The van der Waals surface area contributed by atoms with Gasteiger partial charge in [-0.15, -0.1) is 0 Å². The fourth-order valence-electron chi connectivity index (χ4n) is 1.65. The van der Waals surface area contributed by atoms with Gasteiger partial charge in [0.15, 0.2) is 0 Å². The number of carboxylic acids is 1. The Hall–Kier alpha value is -1.64. The Bertz CT molecular complexity index is 369. The van der Waals surface area contributed by atoms with Crippen LogP contribution in [0.5, 0.6) is 0 Å². The fourth-order valence-corrected chi connectivity index (χ4v) is 1.65. The van der Waals surface area contributed by atoms with Gasteiger partial charge in [-0.2, -0.15) is 0 Å². The first kappa shape index (κ1) is 11.4. The molecular formula is C12H14O3. The largest absolute Gasteiger partial charge is 0.481 e. The predicted octanol–water partition coefficient (Wildman–Crippen LogP) is 1.75. The topological polar surface area (TPSA) is 54.4 Å². The van der Waals surface area contributed by atoms with E-state index in [1.165, 1.54) is 0 Å². The van der Waals surface area contributed by atoms with Crippen LogP contribution >= 0.6 is 0 Å². The maximum Gasteiger partial charge on any atom is 0.307 e. The number of hydrogen-bond acceptors (Lipinski definition) is 2. The number of carbonyl (C=O) groups is 2. The zero-order chi connectivity index (χ0) is 11.3. The van der Waals surface area contributed by atoms with Crippen LogP contribution in [0.4, 0.5) is 0 Å². The number of aryl methyl sites for hydroxylation is 1. The Morgan fingerprint density at radius 1 is 1.47 bits per heavy atom. The second-order valence-corrected chi connectivity index (χ2v) is 3.49. The van der Waals surface area contributed by atoms with Crippen molar-refractivity contribution in [2.45, 2.75) is 26.2 Å². The number of benzene rings is 1. The molecule has 0 unspecified atom stereocenters. The molecule has 1 rings (SSSR count). The Morgan fingerprint density at radius 3 is 2.80 bits per heavy atom. The van der Waals surface area contributed by atoms with E-state index in [0.717, 1.165) is 23.0 Å². The monoisotopic (exact) mass is 206 g/mol. The van der Waals surface area contributed by atoms with Crippen LogP contribution in [0.3, 0.4) is 0 Å². The van der Waals surface area contributed by atoms with E-state index in [9.17, 15) is 9.59 Å². The Kier molecular flexibility index (Phi) is 4.03. The van der Waals surface area contributed by atoms with Gasteiger partial charge < -0.3 is 9.90 Å². The molecule has 0 atom stereocenters. The summed E-state index contributed by atoms with van der Waals surface area (Å²) in [5, 5.41) is 8.74. The van der Waals surface area contributed by atoms with Gasteiger partial charge in [-0.3, -0.25) is 4.79 Å².